The number of nitrogens with one attached hydrogen (secondary N) is 2. The molecule has 0 atom stereocenters. The van der Waals surface area contributed by atoms with Crippen molar-refractivity contribution in [2.45, 2.75) is 17.7 Å². The average Bonchev–Trinajstić information content (AvgIpc) is 3.32. The maximum Gasteiger partial charge on any atom is 0.249 e. The third kappa shape index (κ3) is 4.73. The van der Waals surface area contributed by atoms with Crippen molar-refractivity contribution in [2.24, 2.45) is 5.92 Å². The largest absolute Gasteiger partial charge is 0.497 e. The van der Waals surface area contributed by atoms with Gasteiger partial charge in [0.15, 0.2) is 5.82 Å². The fraction of sp³-hybridized carbons (Fsp3) is 0.318. The van der Waals surface area contributed by atoms with Crippen LogP contribution in [0.3, 0.4) is 0 Å². The maximum absolute atomic E-state index is 14.0. The van der Waals surface area contributed by atoms with Crippen molar-refractivity contribution in [1.29, 1.82) is 0 Å². The van der Waals surface area contributed by atoms with Crippen LogP contribution in [-0.4, -0.2) is 61.1 Å². The minimum atomic E-state index is -3.96. The second-order valence-corrected chi connectivity index (χ2v) is 9.58. The molecule has 2 N–H and O–H groups in total. The lowest BCUT2D eigenvalue weighted by Gasteiger charge is -2.30. The fourth-order valence-electron chi connectivity index (χ4n) is 3.80. The summed E-state index contributed by atoms with van der Waals surface area (Å²) >= 11 is 0. The zero-order valence-electron chi connectivity index (χ0n) is 18.6. The normalized spacial score (nSPS) is 15.1. The summed E-state index contributed by atoms with van der Waals surface area (Å²) in [5.74, 6) is 0.115. The Hall–Kier alpha value is -3.51. The Kier molecular flexibility index (Phi) is 6.80. The summed E-state index contributed by atoms with van der Waals surface area (Å²) in [4.78, 5) is 16.7. The van der Waals surface area contributed by atoms with Crippen molar-refractivity contribution >= 4 is 21.9 Å². The lowest BCUT2D eigenvalue weighted by atomic mass is 9.97. The number of hydrogen-bond acceptors (Lipinski definition) is 7. The number of aromatic nitrogens is 3. The monoisotopic (exact) mass is 489 g/mol. The fourth-order valence-corrected chi connectivity index (χ4v) is 5.33. The molecular formula is C22H24FN5O5S. The van der Waals surface area contributed by atoms with E-state index in [1.165, 1.54) is 29.6 Å². The van der Waals surface area contributed by atoms with Crippen molar-refractivity contribution in [3.63, 3.8) is 0 Å². The van der Waals surface area contributed by atoms with Gasteiger partial charge in [0, 0.05) is 25.1 Å². The topological polar surface area (TPSA) is 127 Å². The third-order valence-corrected chi connectivity index (χ3v) is 7.60. The van der Waals surface area contributed by atoms with Gasteiger partial charge in [0.25, 0.3) is 0 Å². The molecule has 1 amide bonds. The van der Waals surface area contributed by atoms with Crippen molar-refractivity contribution in [1.82, 2.24) is 19.5 Å². The standard InChI is InChI=1S/C22H24FN5O5S/c1-32-15-7-8-16(18(13-15)33-2)20-24-22(27-26-20)25-21(29)14-9-11-28(12-10-14)34(30,31)19-6-4-3-5-17(19)23/h3-8,13-14H,9-12H2,1-2H3,(H2,24,25,26,27,29). The molecule has 2 aromatic carbocycles. The molecule has 0 unspecified atom stereocenters. The predicted octanol–water partition coefficient (Wildman–Crippen LogP) is 2.67. The van der Waals surface area contributed by atoms with Gasteiger partial charge >= 0.3 is 0 Å². The number of methoxy groups -OCH3 is 2. The van der Waals surface area contributed by atoms with Crippen LogP contribution in [0.5, 0.6) is 11.5 Å². The van der Waals surface area contributed by atoms with Gasteiger partial charge in [-0.1, -0.05) is 12.1 Å². The summed E-state index contributed by atoms with van der Waals surface area (Å²) in [5.41, 5.74) is 0.642. The molecule has 4 rings (SSSR count). The van der Waals surface area contributed by atoms with Crippen LogP contribution in [0.15, 0.2) is 47.4 Å². The maximum atomic E-state index is 14.0. The Labute approximate surface area is 196 Å². The zero-order chi connectivity index (χ0) is 24.3. The number of anilines is 1. The predicted molar refractivity (Wildman–Crippen MR) is 121 cm³/mol. The number of hydrogen-bond donors (Lipinski definition) is 2. The Balaban J connectivity index is 1.39. The van der Waals surface area contributed by atoms with Crippen LogP contribution in [0.4, 0.5) is 10.3 Å². The lowest BCUT2D eigenvalue weighted by Crippen LogP contribution is -2.41. The Morgan fingerprint density at radius 2 is 1.88 bits per heavy atom. The van der Waals surface area contributed by atoms with Gasteiger partial charge < -0.3 is 9.47 Å². The second-order valence-electron chi connectivity index (χ2n) is 7.67. The average molecular weight is 490 g/mol. The number of amides is 1. The molecule has 180 valence electrons. The molecule has 1 aliphatic rings. The number of piperidine rings is 1. The molecular weight excluding hydrogens is 465 g/mol. The number of H-pyrrole nitrogens is 1. The van der Waals surface area contributed by atoms with Gasteiger partial charge in [0.1, 0.15) is 22.2 Å². The van der Waals surface area contributed by atoms with Gasteiger partial charge in [-0.15, -0.1) is 5.10 Å². The van der Waals surface area contributed by atoms with Gasteiger partial charge in [-0.05, 0) is 37.1 Å². The molecule has 0 bridgehead atoms. The van der Waals surface area contributed by atoms with E-state index < -0.39 is 21.8 Å². The van der Waals surface area contributed by atoms with Crippen LogP contribution in [0.2, 0.25) is 0 Å². The minimum Gasteiger partial charge on any atom is -0.497 e. The molecule has 12 heteroatoms. The number of carbonyl (C=O) groups excluding carboxylic acids is 1. The summed E-state index contributed by atoms with van der Waals surface area (Å²) in [7, 11) is -0.888. The SMILES string of the molecule is COc1ccc(-c2nc(NC(=O)C3CCN(S(=O)(=O)c4ccccc4F)CC3)n[nH]2)c(OC)c1. The molecule has 0 radical (unpaired) electrons. The number of sulfonamides is 1. The molecule has 0 saturated carbocycles. The van der Waals surface area contributed by atoms with Gasteiger partial charge in [-0.25, -0.2) is 12.8 Å². The van der Waals surface area contributed by atoms with Gasteiger partial charge in [0.2, 0.25) is 21.9 Å². The first-order chi connectivity index (χ1) is 16.3. The van der Waals surface area contributed by atoms with E-state index in [-0.39, 0.29) is 29.8 Å². The first kappa shape index (κ1) is 23.6. The summed E-state index contributed by atoms with van der Waals surface area (Å²) in [6, 6.07) is 10.5. The number of benzene rings is 2. The molecule has 1 aromatic heterocycles. The first-order valence-electron chi connectivity index (χ1n) is 10.5. The summed E-state index contributed by atoms with van der Waals surface area (Å²) < 4.78 is 51.3. The number of halogens is 1. The Morgan fingerprint density at radius 1 is 1.15 bits per heavy atom. The summed E-state index contributed by atoms with van der Waals surface area (Å²) in [6.45, 7) is 0.216. The highest BCUT2D eigenvalue weighted by Crippen LogP contribution is 2.32. The number of carbonyl (C=O) groups is 1. The molecule has 0 spiro atoms. The molecule has 1 fully saturated rings. The highest BCUT2D eigenvalue weighted by atomic mass is 32.2. The van der Waals surface area contributed by atoms with E-state index in [0.717, 1.165) is 6.07 Å². The van der Waals surface area contributed by atoms with Crippen LogP contribution in [-0.2, 0) is 14.8 Å². The molecule has 2 heterocycles. The number of aromatic amines is 1. The van der Waals surface area contributed by atoms with Crippen LogP contribution < -0.4 is 14.8 Å². The van der Waals surface area contributed by atoms with Crippen LogP contribution in [0.25, 0.3) is 11.4 Å². The van der Waals surface area contributed by atoms with Crippen LogP contribution in [0.1, 0.15) is 12.8 Å². The van der Waals surface area contributed by atoms with Crippen LogP contribution >= 0.6 is 0 Å². The van der Waals surface area contributed by atoms with E-state index in [1.807, 2.05) is 0 Å². The van der Waals surface area contributed by atoms with Crippen LogP contribution in [0, 0.1) is 11.7 Å². The Bertz CT molecular complexity index is 1290. The van der Waals surface area contributed by atoms with Crippen molar-refractivity contribution < 1.29 is 27.1 Å². The lowest BCUT2D eigenvalue weighted by molar-refractivity contribution is -0.121. The smallest absolute Gasteiger partial charge is 0.249 e. The summed E-state index contributed by atoms with van der Waals surface area (Å²) in [6.07, 6.45) is 0.589. The van der Waals surface area contributed by atoms with E-state index in [9.17, 15) is 17.6 Å². The molecule has 1 aliphatic heterocycles. The molecule has 0 aliphatic carbocycles. The van der Waals surface area contributed by atoms with Crippen molar-refractivity contribution in [2.75, 3.05) is 32.6 Å². The first-order valence-corrected chi connectivity index (χ1v) is 12.0. The highest BCUT2D eigenvalue weighted by molar-refractivity contribution is 7.89. The van der Waals surface area contributed by atoms with E-state index in [4.69, 9.17) is 9.47 Å². The van der Waals surface area contributed by atoms with E-state index in [1.54, 1.807) is 25.3 Å². The third-order valence-electron chi connectivity index (χ3n) is 5.66. The molecule has 34 heavy (non-hydrogen) atoms. The van der Waals surface area contributed by atoms with E-state index in [0.29, 0.717) is 35.7 Å². The highest BCUT2D eigenvalue weighted by Gasteiger charge is 2.33. The van der Waals surface area contributed by atoms with E-state index in [2.05, 4.69) is 20.5 Å². The van der Waals surface area contributed by atoms with E-state index >= 15 is 0 Å². The zero-order valence-corrected chi connectivity index (χ0v) is 19.4. The minimum absolute atomic E-state index is 0.0966. The van der Waals surface area contributed by atoms with Gasteiger partial charge in [0.05, 0.1) is 19.8 Å². The number of nitrogens with zero attached hydrogens (tertiary/aromatic N) is 3. The number of rotatable bonds is 7. The number of ether oxygens (including phenoxy) is 2. The summed E-state index contributed by atoms with van der Waals surface area (Å²) in [5, 5.41) is 9.49. The van der Waals surface area contributed by atoms with Gasteiger partial charge in [-0.3, -0.25) is 15.2 Å². The van der Waals surface area contributed by atoms with Crippen molar-refractivity contribution in [3.05, 3.63) is 48.3 Å². The molecule has 1 saturated heterocycles. The molecule has 3 aromatic rings. The Morgan fingerprint density at radius 3 is 2.56 bits per heavy atom. The van der Waals surface area contributed by atoms with Gasteiger partial charge in [-0.2, -0.15) is 9.29 Å². The quantitative estimate of drug-likeness (QED) is 0.522. The second kappa shape index (κ2) is 9.77. The molecule has 10 nitrogen and oxygen atoms in total. The van der Waals surface area contributed by atoms with Crippen molar-refractivity contribution in [3.8, 4) is 22.9 Å².